The third kappa shape index (κ3) is 6.04. The predicted molar refractivity (Wildman–Crippen MR) is 149 cm³/mol. The molecule has 0 saturated carbocycles. The molecule has 0 unspecified atom stereocenters. The SMILES string of the molecule is O=C(c1ccc2c(c1)OCO2)N1CCC2(CCCCc3ccccc3OCCN(Cc3ccncc3)C2)CC1. The summed E-state index contributed by atoms with van der Waals surface area (Å²) in [6.45, 7) is 5.16. The van der Waals surface area contributed by atoms with Crippen LogP contribution < -0.4 is 14.2 Å². The number of carbonyl (C=O) groups is 1. The van der Waals surface area contributed by atoms with E-state index in [2.05, 4.69) is 46.3 Å². The summed E-state index contributed by atoms with van der Waals surface area (Å²) in [7, 11) is 0. The summed E-state index contributed by atoms with van der Waals surface area (Å²) in [6.07, 6.45) is 10.3. The van der Waals surface area contributed by atoms with Gasteiger partial charge in [-0.05, 0) is 85.0 Å². The van der Waals surface area contributed by atoms with Crippen molar-refractivity contribution in [2.75, 3.05) is 39.6 Å². The van der Waals surface area contributed by atoms with Gasteiger partial charge in [0.15, 0.2) is 11.5 Å². The molecular formula is C32H37N3O4. The number of carbonyl (C=O) groups excluding carboxylic acids is 1. The molecule has 3 aromatic rings. The van der Waals surface area contributed by atoms with Gasteiger partial charge in [-0.15, -0.1) is 0 Å². The monoisotopic (exact) mass is 527 g/mol. The zero-order valence-corrected chi connectivity index (χ0v) is 22.5. The number of aromatic nitrogens is 1. The van der Waals surface area contributed by atoms with Crippen LogP contribution in [-0.4, -0.2) is 60.3 Å². The highest BCUT2D eigenvalue weighted by molar-refractivity contribution is 5.95. The molecule has 204 valence electrons. The second kappa shape index (κ2) is 11.7. The fourth-order valence-electron chi connectivity index (χ4n) is 6.27. The summed E-state index contributed by atoms with van der Waals surface area (Å²) in [4.78, 5) is 22.2. The van der Waals surface area contributed by atoms with E-state index in [1.165, 1.54) is 24.0 Å². The second-order valence-corrected chi connectivity index (χ2v) is 11.1. The first-order valence-electron chi connectivity index (χ1n) is 14.2. The molecule has 1 spiro atoms. The number of hydrogen-bond acceptors (Lipinski definition) is 6. The molecule has 3 aliphatic heterocycles. The van der Waals surface area contributed by atoms with Crippen LogP contribution in [-0.2, 0) is 13.0 Å². The van der Waals surface area contributed by atoms with Crippen molar-refractivity contribution in [3.63, 3.8) is 0 Å². The van der Waals surface area contributed by atoms with Gasteiger partial charge in [0.1, 0.15) is 12.4 Å². The average molecular weight is 528 g/mol. The first-order valence-corrected chi connectivity index (χ1v) is 14.2. The molecule has 2 aromatic carbocycles. The van der Waals surface area contributed by atoms with Crippen molar-refractivity contribution in [2.24, 2.45) is 5.41 Å². The fraction of sp³-hybridized carbons (Fsp3) is 0.438. The first kappa shape index (κ1) is 25.7. The van der Waals surface area contributed by atoms with Gasteiger partial charge >= 0.3 is 0 Å². The molecule has 0 N–H and O–H groups in total. The van der Waals surface area contributed by atoms with Crippen LogP contribution in [0.3, 0.4) is 0 Å². The Morgan fingerprint density at radius 1 is 0.846 bits per heavy atom. The normalized spacial score (nSPS) is 19.4. The van der Waals surface area contributed by atoms with Gasteiger partial charge in [0, 0.05) is 50.7 Å². The van der Waals surface area contributed by atoms with Crippen LogP contribution in [0.15, 0.2) is 67.0 Å². The van der Waals surface area contributed by atoms with Crippen molar-refractivity contribution in [3.05, 3.63) is 83.7 Å². The molecule has 1 aromatic heterocycles. The van der Waals surface area contributed by atoms with Gasteiger partial charge in [0.05, 0.1) is 0 Å². The van der Waals surface area contributed by atoms with E-state index < -0.39 is 0 Å². The Balaban J connectivity index is 1.18. The first-order chi connectivity index (χ1) is 19.2. The molecule has 0 bridgehead atoms. The molecule has 6 rings (SSSR count). The lowest BCUT2D eigenvalue weighted by molar-refractivity contribution is 0.0361. The smallest absolute Gasteiger partial charge is 0.253 e. The average Bonchev–Trinajstić information content (AvgIpc) is 3.44. The third-order valence-corrected chi connectivity index (χ3v) is 8.49. The maximum absolute atomic E-state index is 13.4. The Kier molecular flexibility index (Phi) is 7.68. The molecule has 39 heavy (non-hydrogen) atoms. The Morgan fingerprint density at radius 2 is 1.67 bits per heavy atom. The van der Waals surface area contributed by atoms with Crippen molar-refractivity contribution in [1.82, 2.24) is 14.8 Å². The predicted octanol–water partition coefficient (Wildman–Crippen LogP) is 5.34. The van der Waals surface area contributed by atoms with Gasteiger partial charge in [-0.3, -0.25) is 14.7 Å². The second-order valence-electron chi connectivity index (χ2n) is 11.1. The van der Waals surface area contributed by atoms with Gasteiger partial charge in [-0.1, -0.05) is 24.6 Å². The summed E-state index contributed by atoms with van der Waals surface area (Å²) in [6, 6.07) is 18.2. The topological polar surface area (TPSA) is 64.1 Å². The summed E-state index contributed by atoms with van der Waals surface area (Å²) < 4.78 is 17.2. The standard InChI is InChI=1S/C32H37N3O4/c36-31(27-8-9-29-30(21-27)39-24-38-29)35-17-13-32(14-18-35)12-4-3-6-26-5-1-2-7-28(26)37-20-19-34(23-32)22-25-10-15-33-16-11-25/h1-2,5,7-11,15-16,21H,3-4,6,12-14,17-20,22-24H2. The van der Waals surface area contributed by atoms with Gasteiger partial charge in [-0.2, -0.15) is 0 Å². The van der Waals surface area contributed by atoms with E-state index in [4.69, 9.17) is 14.2 Å². The number of ether oxygens (including phenoxy) is 3. The van der Waals surface area contributed by atoms with Crippen molar-refractivity contribution < 1.29 is 19.0 Å². The Morgan fingerprint density at radius 3 is 2.54 bits per heavy atom. The lowest BCUT2D eigenvalue weighted by Crippen LogP contribution is -2.48. The molecular weight excluding hydrogens is 490 g/mol. The molecule has 7 heteroatoms. The maximum Gasteiger partial charge on any atom is 0.253 e. The molecule has 1 fully saturated rings. The highest BCUT2D eigenvalue weighted by atomic mass is 16.7. The van der Waals surface area contributed by atoms with E-state index in [1.807, 2.05) is 35.5 Å². The summed E-state index contributed by atoms with van der Waals surface area (Å²) in [5.74, 6) is 2.46. The summed E-state index contributed by atoms with van der Waals surface area (Å²) in [5, 5.41) is 0. The number of fused-ring (bicyclic) bond motifs is 2. The number of benzene rings is 2. The van der Waals surface area contributed by atoms with E-state index in [-0.39, 0.29) is 18.1 Å². The molecule has 7 nitrogen and oxygen atoms in total. The van der Waals surface area contributed by atoms with E-state index in [1.54, 1.807) is 0 Å². The minimum absolute atomic E-state index is 0.0787. The molecule has 4 heterocycles. The van der Waals surface area contributed by atoms with Crippen LogP contribution in [0.1, 0.15) is 53.6 Å². The fourth-order valence-corrected chi connectivity index (χ4v) is 6.27. The van der Waals surface area contributed by atoms with E-state index in [9.17, 15) is 4.79 Å². The number of likely N-dealkylation sites (tertiary alicyclic amines) is 1. The Labute approximate surface area is 230 Å². The van der Waals surface area contributed by atoms with Crippen LogP contribution in [0.25, 0.3) is 0 Å². The third-order valence-electron chi connectivity index (χ3n) is 8.49. The van der Waals surface area contributed by atoms with E-state index in [0.29, 0.717) is 23.7 Å². The van der Waals surface area contributed by atoms with Crippen molar-refractivity contribution in [3.8, 4) is 17.2 Å². The number of nitrogens with zero attached hydrogens (tertiary/aromatic N) is 3. The van der Waals surface area contributed by atoms with Crippen molar-refractivity contribution >= 4 is 5.91 Å². The Bertz CT molecular complexity index is 1270. The van der Waals surface area contributed by atoms with Crippen molar-refractivity contribution in [1.29, 1.82) is 0 Å². The van der Waals surface area contributed by atoms with Gasteiger partial charge < -0.3 is 19.1 Å². The highest BCUT2D eigenvalue weighted by Crippen LogP contribution is 2.40. The number of pyridine rings is 1. The van der Waals surface area contributed by atoms with Crippen LogP contribution >= 0.6 is 0 Å². The highest BCUT2D eigenvalue weighted by Gasteiger charge is 2.37. The number of para-hydroxylation sites is 1. The number of amides is 1. The summed E-state index contributed by atoms with van der Waals surface area (Å²) in [5.41, 5.74) is 3.42. The van der Waals surface area contributed by atoms with E-state index in [0.717, 1.165) is 64.2 Å². The number of hydrogen-bond donors (Lipinski definition) is 0. The summed E-state index contributed by atoms with van der Waals surface area (Å²) >= 11 is 0. The number of rotatable bonds is 3. The van der Waals surface area contributed by atoms with Gasteiger partial charge in [-0.25, -0.2) is 0 Å². The largest absolute Gasteiger partial charge is 0.492 e. The molecule has 1 saturated heterocycles. The molecule has 0 atom stereocenters. The number of aryl methyl sites for hydroxylation is 1. The zero-order valence-electron chi connectivity index (χ0n) is 22.5. The zero-order chi connectivity index (χ0) is 26.5. The molecule has 1 amide bonds. The van der Waals surface area contributed by atoms with Crippen LogP contribution in [0, 0.1) is 5.41 Å². The van der Waals surface area contributed by atoms with E-state index >= 15 is 0 Å². The maximum atomic E-state index is 13.4. The van der Waals surface area contributed by atoms with Crippen LogP contribution in [0.4, 0.5) is 0 Å². The van der Waals surface area contributed by atoms with Crippen LogP contribution in [0.2, 0.25) is 0 Å². The quantitative estimate of drug-likeness (QED) is 0.458. The Hall–Kier alpha value is -3.58. The molecule has 0 aliphatic carbocycles. The van der Waals surface area contributed by atoms with Crippen LogP contribution in [0.5, 0.6) is 17.2 Å². The number of piperidine rings is 1. The molecule has 3 aliphatic rings. The van der Waals surface area contributed by atoms with Gasteiger partial charge in [0.2, 0.25) is 6.79 Å². The lowest BCUT2D eigenvalue weighted by Gasteiger charge is -2.45. The lowest BCUT2D eigenvalue weighted by atomic mass is 9.73. The van der Waals surface area contributed by atoms with Gasteiger partial charge in [0.25, 0.3) is 5.91 Å². The minimum Gasteiger partial charge on any atom is -0.492 e. The minimum atomic E-state index is 0.0787. The molecule has 0 radical (unpaired) electrons. The van der Waals surface area contributed by atoms with Crippen molar-refractivity contribution in [2.45, 2.75) is 45.1 Å².